The molecule has 0 aromatic carbocycles. The Balaban J connectivity index is 2.84. The highest BCUT2D eigenvalue weighted by molar-refractivity contribution is 5.97. The molecule has 1 saturated heterocycles. The monoisotopic (exact) mass is 172 g/mol. The van der Waals surface area contributed by atoms with E-state index in [1.54, 1.807) is 13.8 Å². The molecule has 0 saturated carbocycles. The first kappa shape index (κ1) is 9.19. The van der Waals surface area contributed by atoms with Gasteiger partial charge in [-0.2, -0.15) is 0 Å². The van der Waals surface area contributed by atoms with Crippen molar-refractivity contribution in [2.24, 2.45) is 5.41 Å². The lowest BCUT2D eigenvalue weighted by Gasteiger charge is -2.24. The van der Waals surface area contributed by atoms with Gasteiger partial charge in [0.15, 0.2) is 0 Å². The van der Waals surface area contributed by atoms with Crippen LogP contribution in [0.5, 0.6) is 0 Å². The number of hydrogen-bond donors (Lipinski definition) is 0. The quantitative estimate of drug-likeness (QED) is 0.449. The molecule has 68 valence electrons. The van der Waals surface area contributed by atoms with Gasteiger partial charge in [0.1, 0.15) is 5.41 Å². The van der Waals surface area contributed by atoms with Crippen molar-refractivity contribution in [3.63, 3.8) is 0 Å². The molecule has 1 heterocycles. The predicted octanol–water partition coefficient (Wildman–Crippen LogP) is 0.501. The van der Waals surface area contributed by atoms with Crippen molar-refractivity contribution in [3.8, 4) is 0 Å². The number of methoxy groups -OCH3 is 1. The van der Waals surface area contributed by atoms with Crippen LogP contribution in [0.3, 0.4) is 0 Å². The second-order valence-corrected chi connectivity index (χ2v) is 3.23. The lowest BCUT2D eigenvalue weighted by atomic mass is 9.83. The van der Waals surface area contributed by atoms with Gasteiger partial charge in [0.25, 0.3) is 0 Å². The molecule has 12 heavy (non-hydrogen) atoms. The summed E-state index contributed by atoms with van der Waals surface area (Å²) in [4.78, 5) is 22.0. The number of hydrogen-bond acceptors (Lipinski definition) is 4. The van der Waals surface area contributed by atoms with Crippen LogP contribution in [-0.4, -0.2) is 25.2 Å². The number of ether oxygens (including phenoxy) is 2. The molecular formula is C8H12O4. The Morgan fingerprint density at radius 3 is 2.50 bits per heavy atom. The summed E-state index contributed by atoms with van der Waals surface area (Å²) in [6.07, 6.45) is -0.183. The third-order valence-electron chi connectivity index (χ3n) is 2.44. The van der Waals surface area contributed by atoms with Gasteiger partial charge in [-0.15, -0.1) is 0 Å². The van der Waals surface area contributed by atoms with Gasteiger partial charge >= 0.3 is 11.9 Å². The van der Waals surface area contributed by atoms with Crippen molar-refractivity contribution >= 4 is 11.9 Å². The van der Waals surface area contributed by atoms with Crippen LogP contribution in [-0.2, 0) is 19.1 Å². The molecule has 1 fully saturated rings. The van der Waals surface area contributed by atoms with Gasteiger partial charge in [-0.1, -0.05) is 0 Å². The first-order valence-electron chi connectivity index (χ1n) is 3.78. The summed E-state index contributed by atoms with van der Waals surface area (Å²) in [5, 5.41) is 0. The standard InChI is InChI=1S/C8H12O4/c1-5(11-3)8(2)4-6(9)12-7(8)10/h5H,4H2,1-3H3. The molecule has 1 rings (SSSR count). The van der Waals surface area contributed by atoms with Gasteiger partial charge in [0.2, 0.25) is 0 Å². The van der Waals surface area contributed by atoms with Crippen molar-refractivity contribution in [2.75, 3.05) is 7.11 Å². The average molecular weight is 172 g/mol. The second-order valence-electron chi connectivity index (χ2n) is 3.23. The fraction of sp³-hybridized carbons (Fsp3) is 0.750. The van der Waals surface area contributed by atoms with Crippen LogP contribution >= 0.6 is 0 Å². The van der Waals surface area contributed by atoms with Crippen LogP contribution < -0.4 is 0 Å². The first-order valence-corrected chi connectivity index (χ1v) is 3.78. The number of rotatable bonds is 2. The van der Waals surface area contributed by atoms with Crippen molar-refractivity contribution in [1.82, 2.24) is 0 Å². The van der Waals surface area contributed by atoms with Gasteiger partial charge < -0.3 is 9.47 Å². The van der Waals surface area contributed by atoms with Crippen LogP contribution in [0.1, 0.15) is 20.3 Å². The average Bonchev–Trinajstić information content (AvgIpc) is 2.26. The smallest absolute Gasteiger partial charge is 0.322 e. The molecule has 1 aliphatic rings. The highest BCUT2D eigenvalue weighted by Crippen LogP contribution is 2.35. The molecule has 0 aliphatic carbocycles. The minimum atomic E-state index is -0.800. The zero-order valence-corrected chi connectivity index (χ0v) is 7.42. The molecule has 2 unspecified atom stereocenters. The number of carbonyl (C=O) groups is 2. The molecule has 0 N–H and O–H groups in total. The highest BCUT2D eigenvalue weighted by atomic mass is 16.6. The Hall–Kier alpha value is -0.900. The molecule has 0 bridgehead atoms. The molecule has 4 nitrogen and oxygen atoms in total. The van der Waals surface area contributed by atoms with E-state index in [-0.39, 0.29) is 12.5 Å². The van der Waals surface area contributed by atoms with Crippen LogP contribution in [0.2, 0.25) is 0 Å². The molecular weight excluding hydrogens is 160 g/mol. The van der Waals surface area contributed by atoms with Gasteiger partial charge in [0.05, 0.1) is 12.5 Å². The summed E-state index contributed by atoms with van der Waals surface area (Å²) in [5.74, 6) is -0.951. The molecule has 0 aromatic rings. The molecule has 1 aliphatic heterocycles. The fourth-order valence-corrected chi connectivity index (χ4v) is 1.20. The molecule has 4 heteroatoms. The second kappa shape index (κ2) is 2.86. The number of carbonyl (C=O) groups excluding carboxylic acids is 2. The maximum Gasteiger partial charge on any atom is 0.322 e. The van der Waals surface area contributed by atoms with E-state index >= 15 is 0 Å². The Morgan fingerprint density at radius 1 is 1.58 bits per heavy atom. The van der Waals surface area contributed by atoms with Crippen LogP contribution in [0.15, 0.2) is 0 Å². The van der Waals surface area contributed by atoms with Gasteiger partial charge in [0, 0.05) is 7.11 Å². The van der Waals surface area contributed by atoms with E-state index in [0.29, 0.717) is 0 Å². The Kier molecular flexibility index (Phi) is 2.19. The lowest BCUT2D eigenvalue weighted by Crippen LogP contribution is -2.35. The molecule has 0 aromatic heterocycles. The molecule has 0 radical (unpaired) electrons. The highest BCUT2D eigenvalue weighted by Gasteiger charge is 2.49. The molecule has 2 atom stereocenters. The Labute approximate surface area is 70.8 Å². The maximum atomic E-state index is 11.2. The van der Waals surface area contributed by atoms with E-state index in [2.05, 4.69) is 4.74 Å². The lowest BCUT2D eigenvalue weighted by molar-refractivity contribution is -0.157. The van der Waals surface area contributed by atoms with Crippen molar-refractivity contribution < 1.29 is 19.1 Å². The summed E-state index contributed by atoms with van der Waals surface area (Å²) in [6.45, 7) is 3.42. The Morgan fingerprint density at radius 2 is 2.17 bits per heavy atom. The van der Waals surface area contributed by atoms with Crippen molar-refractivity contribution in [2.45, 2.75) is 26.4 Å². The summed E-state index contributed by atoms with van der Waals surface area (Å²) in [7, 11) is 1.51. The summed E-state index contributed by atoms with van der Waals surface area (Å²) in [6, 6.07) is 0. The summed E-state index contributed by atoms with van der Waals surface area (Å²) in [5.41, 5.74) is -0.800. The SMILES string of the molecule is COC(C)C1(C)CC(=O)OC1=O. The van der Waals surface area contributed by atoms with Crippen molar-refractivity contribution in [3.05, 3.63) is 0 Å². The molecule has 0 spiro atoms. The normalized spacial score (nSPS) is 31.9. The van der Waals surface area contributed by atoms with Crippen molar-refractivity contribution in [1.29, 1.82) is 0 Å². The van der Waals surface area contributed by atoms with Crippen LogP contribution in [0.25, 0.3) is 0 Å². The fourth-order valence-electron chi connectivity index (χ4n) is 1.20. The third kappa shape index (κ3) is 1.22. The summed E-state index contributed by atoms with van der Waals surface area (Å²) < 4.78 is 9.44. The summed E-state index contributed by atoms with van der Waals surface area (Å²) >= 11 is 0. The van der Waals surface area contributed by atoms with Gasteiger partial charge in [-0.25, -0.2) is 0 Å². The first-order chi connectivity index (χ1) is 5.50. The van der Waals surface area contributed by atoms with Crippen LogP contribution in [0, 0.1) is 5.41 Å². The number of esters is 2. The minimum absolute atomic E-state index is 0.112. The van der Waals surface area contributed by atoms with E-state index in [4.69, 9.17) is 4.74 Å². The Bertz CT molecular complexity index is 223. The van der Waals surface area contributed by atoms with Crippen LogP contribution in [0.4, 0.5) is 0 Å². The van der Waals surface area contributed by atoms with Gasteiger partial charge in [-0.05, 0) is 13.8 Å². The number of cyclic esters (lactones) is 2. The molecule has 0 amide bonds. The largest absolute Gasteiger partial charge is 0.393 e. The van der Waals surface area contributed by atoms with Gasteiger partial charge in [-0.3, -0.25) is 9.59 Å². The van der Waals surface area contributed by atoms with E-state index in [1.807, 2.05) is 0 Å². The van der Waals surface area contributed by atoms with E-state index in [1.165, 1.54) is 7.11 Å². The van der Waals surface area contributed by atoms with E-state index in [0.717, 1.165) is 0 Å². The van der Waals surface area contributed by atoms with E-state index < -0.39 is 17.4 Å². The zero-order chi connectivity index (χ0) is 9.35. The third-order valence-corrected chi connectivity index (χ3v) is 2.44. The topological polar surface area (TPSA) is 52.6 Å². The maximum absolute atomic E-state index is 11.2. The zero-order valence-electron chi connectivity index (χ0n) is 7.42. The van der Waals surface area contributed by atoms with E-state index in [9.17, 15) is 9.59 Å². The predicted molar refractivity (Wildman–Crippen MR) is 40.3 cm³/mol. The minimum Gasteiger partial charge on any atom is -0.393 e.